The molecule has 0 saturated carbocycles. The molecule has 132 valence electrons. The van der Waals surface area contributed by atoms with Gasteiger partial charge in [0.05, 0.1) is 4.90 Å². The molecular weight excluding hydrogens is 360 g/mol. The molecule has 0 atom stereocenters. The molecule has 2 aromatic carbocycles. The van der Waals surface area contributed by atoms with Gasteiger partial charge < -0.3 is 4.42 Å². The van der Waals surface area contributed by atoms with E-state index in [1.165, 1.54) is 0 Å². The lowest BCUT2D eigenvalue weighted by Crippen LogP contribution is -2.05. The molecule has 3 heterocycles. The Balaban J connectivity index is 1.88. The molecule has 0 amide bonds. The molecule has 0 bridgehead atoms. The van der Waals surface area contributed by atoms with Crippen LogP contribution in [-0.4, -0.2) is 18.0 Å². The molecule has 0 N–H and O–H groups in total. The van der Waals surface area contributed by atoms with E-state index in [0.29, 0.717) is 16.6 Å². The van der Waals surface area contributed by atoms with Crippen molar-refractivity contribution in [2.45, 2.75) is 9.79 Å². The fourth-order valence-corrected chi connectivity index (χ4v) is 4.85. The van der Waals surface area contributed by atoms with E-state index in [1.807, 2.05) is 24.3 Å². The van der Waals surface area contributed by atoms with E-state index < -0.39 is 9.84 Å². The summed E-state index contributed by atoms with van der Waals surface area (Å²) in [4.78, 5) is 4.76. The minimum Gasteiger partial charge on any atom is -0.438 e. The standard InChI is InChI=1S/C21H14N2O3S/c24-27(25,16-8-2-1-3-9-16)19-17-10-4-5-11-18(17)26-21(19)23-14-12-15-7-6-13-22-20(15)23/h1-14H. The molecule has 5 nitrogen and oxygen atoms in total. The maximum Gasteiger partial charge on any atom is 0.225 e. The summed E-state index contributed by atoms with van der Waals surface area (Å²) in [5, 5.41) is 1.45. The summed E-state index contributed by atoms with van der Waals surface area (Å²) in [5.74, 6) is 0.244. The van der Waals surface area contributed by atoms with Crippen LogP contribution in [0.3, 0.4) is 0 Å². The fourth-order valence-electron chi connectivity index (χ4n) is 3.27. The molecule has 0 fully saturated rings. The molecule has 5 aromatic rings. The maximum absolute atomic E-state index is 13.5. The van der Waals surface area contributed by atoms with Crippen LogP contribution in [0.25, 0.3) is 27.9 Å². The average Bonchev–Trinajstić information content (AvgIpc) is 3.30. The van der Waals surface area contributed by atoms with Gasteiger partial charge in [-0.05, 0) is 42.5 Å². The number of pyridine rings is 1. The quantitative estimate of drug-likeness (QED) is 0.463. The molecule has 0 spiro atoms. The minimum absolute atomic E-state index is 0.146. The third kappa shape index (κ3) is 2.38. The Morgan fingerprint density at radius 1 is 0.852 bits per heavy atom. The number of furan rings is 1. The Morgan fingerprint density at radius 3 is 2.48 bits per heavy atom. The van der Waals surface area contributed by atoms with Gasteiger partial charge in [-0.25, -0.2) is 13.4 Å². The van der Waals surface area contributed by atoms with Crippen molar-refractivity contribution in [1.82, 2.24) is 9.55 Å². The van der Waals surface area contributed by atoms with E-state index in [0.717, 1.165) is 5.39 Å². The first-order valence-corrected chi connectivity index (χ1v) is 9.89. The second-order valence-corrected chi connectivity index (χ2v) is 8.04. The highest BCUT2D eigenvalue weighted by Crippen LogP contribution is 2.37. The third-order valence-corrected chi connectivity index (χ3v) is 6.35. The lowest BCUT2D eigenvalue weighted by molar-refractivity contribution is 0.564. The lowest BCUT2D eigenvalue weighted by atomic mass is 10.2. The summed E-state index contributed by atoms with van der Waals surface area (Å²) in [6.07, 6.45) is 3.45. The second kappa shape index (κ2) is 5.82. The topological polar surface area (TPSA) is 65.1 Å². The Kier molecular flexibility index (Phi) is 3.42. The first-order chi connectivity index (χ1) is 13.2. The van der Waals surface area contributed by atoms with Gasteiger partial charge in [0, 0.05) is 23.2 Å². The normalized spacial score (nSPS) is 12.0. The van der Waals surface area contributed by atoms with Crippen LogP contribution in [0.5, 0.6) is 0 Å². The molecule has 0 radical (unpaired) electrons. The molecular formula is C21H14N2O3S. The van der Waals surface area contributed by atoms with E-state index in [1.54, 1.807) is 65.5 Å². The van der Waals surface area contributed by atoms with Gasteiger partial charge >= 0.3 is 0 Å². The van der Waals surface area contributed by atoms with Crippen LogP contribution >= 0.6 is 0 Å². The van der Waals surface area contributed by atoms with E-state index in [2.05, 4.69) is 4.98 Å². The average molecular weight is 374 g/mol. The number of para-hydroxylation sites is 1. The van der Waals surface area contributed by atoms with Gasteiger partial charge in [0.2, 0.25) is 15.7 Å². The summed E-state index contributed by atoms with van der Waals surface area (Å²) in [7, 11) is -3.79. The van der Waals surface area contributed by atoms with Crippen molar-refractivity contribution in [2.24, 2.45) is 0 Å². The van der Waals surface area contributed by atoms with Gasteiger partial charge in [-0.1, -0.05) is 30.3 Å². The fraction of sp³-hybridized carbons (Fsp3) is 0. The number of nitrogens with zero attached hydrogens (tertiary/aromatic N) is 2. The number of aromatic nitrogens is 2. The molecule has 6 heteroatoms. The SMILES string of the molecule is O=S(=O)(c1ccccc1)c1c(-n2ccc3cccnc32)oc2ccccc12. The predicted molar refractivity (Wildman–Crippen MR) is 103 cm³/mol. The van der Waals surface area contributed by atoms with Crippen LogP contribution in [0.2, 0.25) is 0 Å². The highest BCUT2D eigenvalue weighted by atomic mass is 32.2. The Labute approximate surface area is 155 Å². The monoisotopic (exact) mass is 374 g/mol. The number of sulfone groups is 1. The number of benzene rings is 2. The molecule has 5 rings (SSSR count). The summed E-state index contributed by atoms with van der Waals surface area (Å²) in [5.41, 5.74) is 1.15. The van der Waals surface area contributed by atoms with Gasteiger partial charge in [-0.3, -0.25) is 4.57 Å². The number of fused-ring (bicyclic) bond motifs is 2. The van der Waals surface area contributed by atoms with Crippen LogP contribution in [0.4, 0.5) is 0 Å². The molecule has 0 aliphatic rings. The third-order valence-electron chi connectivity index (χ3n) is 4.52. The first kappa shape index (κ1) is 15.8. The van der Waals surface area contributed by atoms with Gasteiger partial charge in [0.25, 0.3) is 0 Å². The highest BCUT2D eigenvalue weighted by molar-refractivity contribution is 7.91. The first-order valence-electron chi connectivity index (χ1n) is 8.40. The van der Waals surface area contributed by atoms with E-state index in [-0.39, 0.29) is 15.7 Å². The van der Waals surface area contributed by atoms with Crippen molar-refractivity contribution in [2.75, 3.05) is 0 Å². The smallest absolute Gasteiger partial charge is 0.225 e. The van der Waals surface area contributed by atoms with Gasteiger partial charge in [-0.2, -0.15) is 0 Å². The largest absolute Gasteiger partial charge is 0.438 e. The van der Waals surface area contributed by atoms with Crippen molar-refractivity contribution >= 4 is 31.8 Å². The molecule has 0 aliphatic heterocycles. The second-order valence-electron chi connectivity index (χ2n) is 6.15. The zero-order valence-electron chi connectivity index (χ0n) is 14.1. The lowest BCUT2D eigenvalue weighted by Gasteiger charge is -2.07. The Morgan fingerprint density at radius 2 is 1.63 bits per heavy atom. The summed E-state index contributed by atoms with van der Waals surface area (Å²) in [6.45, 7) is 0. The van der Waals surface area contributed by atoms with Crippen LogP contribution < -0.4 is 0 Å². The van der Waals surface area contributed by atoms with Gasteiger partial charge in [-0.15, -0.1) is 0 Å². The van der Waals surface area contributed by atoms with E-state index >= 15 is 0 Å². The zero-order valence-corrected chi connectivity index (χ0v) is 14.9. The van der Waals surface area contributed by atoms with Crippen molar-refractivity contribution in [3.63, 3.8) is 0 Å². The van der Waals surface area contributed by atoms with Crippen molar-refractivity contribution in [3.05, 3.63) is 85.2 Å². The Hall–Kier alpha value is -3.38. The molecule has 0 saturated heterocycles. The van der Waals surface area contributed by atoms with Crippen molar-refractivity contribution in [1.29, 1.82) is 0 Å². The molecule has 0 aliphatic carbocycles. The van der Waals surface area contributed by atoms with Crippen molar-refractivity contribution < 1.29 is 12.8 Å². The number of hydrogen-bond donors (Lipinski definition) is 0. The molecule has 3 aromatic heterocycles. The van der Waals surface area contributed by atoms with Crippen molar-refractivity contribution in [3.8, 4) is 5.88 Å². The summed E-state index contributed by atoms with van der Waals surface area (Å²) >= 11 is 0. The van der Waals surface area contributed by atoms with Crippen LogP contribution in [0.15, 0.2) is 99.4 Å². The maximum atomic E-state index is 13.5. The number of hydrogen-bond acceptors (Lipinski definition) is 4. The molecule has 27 heavy (non-hydrogen) atoms. The van der Waals surface area contributed by atoms with E-state index in [9.17, 15) is 8.42 Å². The van der Waals surface area contributed by atoms with Crippen LogP contribution in [0, 0.1) is 0 Å². The van der Waals surface area contributed by atoms with Crippen LogP contribution in [0.1, 0.15) is 0 Å². The predicted octanol–water partition coefficient (Wildman–Crippen LogP) is 4.60. The highest BCUT2D eigenvalue weighted by Gasteiger charge is 2.29. The summed E-state index contributed by atoms with van der Waals surface area (Å²) in [6, 6.07) is 21.2. The zero-order chi connectivity index (χ0) is 18.4. The minimum atomic E-state index is -3.79. The van der Waals surface area contributed by atoms with Gasteiger partial charge in [0.15, 0.2) is 0 Å². The Bertz CT molecular complexity index is 1380. The van der Waals surface area contributed by atoms with Crippen LogP contribution in [-0.2, 0) is 9.84 Å². The van der Waals surface area contributed by atoms with Gasteiger partial charge in [0.1, 0.15) is 16.1 Å². The molecule has 0 unspecified atom stereocenters. The number of rotatable bonds is 3. The summed E-state index contributed by atoms with van der Waals surface area (Å²) < 4.78 is 34.6. The van der Waals surface area contributed by atoms with E-state index in [4.69, 9.17) is 4.42 Å².